The number of methoxy groups -OCH3 is 1. The first-order valence-electron chi connectivity index (χ1n) is 7.78. The van der Waals surface area contributed by atoms with Crippen molar-refractivity contribution in [1.29, 1.82) is 0 Å². The summed E-state index contributed by atoms with van der Waals surface area (Å²) < 4.78 is 5.44. The number of amides is 1. The molecule has 3 unspecified atom stereocenters. The zero-order chi connectivity index (χ0) is 13.7. The smallest absolute Gasteiger partial charge is 0.239 e. The topological polar surface area (TPSA) is 41.6 Å². The molecule has 1 aliphatic heterocycles. The van der Waals surface area contributed by atoms with E-state index >= 15 is 0 Å². The van der Waals surface area contributed by atoms with Crippen molar-refractivity contribution in [2.24, 2.45) is 0 Å². The van der Waals surface area contributed by atoms with Crippen LogP contribution in [0.5, 0.6) is 0 Å². The van der Waals surface area contributed by atoms with Gasteiger partial charge in [0.2, 0.25) is 5.91 Å². The zero-order valence-corrected chi connectivity index (χ0v) is 12.4. The Hall–Kier alpha value is -0.610. The SMILES string of the molecule is COC1CCCC(NC(C)C(=O)N2CCCCC2)C1. The minimum atomic E-state index is -0.0568. The van der Waals surface area contributed by atoms with Crippen molar-refractivity contribution < 1.29 is 9.53 Å². The molecule has 1 amide bonds. The second kappa shape index (κ2) is 7.25. The first-order chi connectivity index (χ1) is 9.20. The van der Waals surface area contributed by atoms with E-state index in [4.69, 9.17) is 4.74 Å². The Bertz CT molecular complexity index is 290. The fourth-order valence-electron chi connectivity index (χ4n) is 3.32. The molecule has 19 heavy (non-hydrogen) atoms. The second-order valence-corrected chi connectivity index (χ2v) is 6.00. The van der Waals surface area contributed by atoms with Crippen LogP contribution >= 0.6 is 0 Å². The third kappa shape index (κ3) is 4.18. The molecule has 2 fully saturated rings. The average Bonchev–Trinajstić information content (AvgIpc) is 2.47. The first-order valence-corrected chi connectivity index (χ1v) is 7.78. The van der Waals surface area contributed by atoms with E-state index in [0.29, 0.717) is 12.1 Å². The average molecular weight is 268 g/mol. The van der Waals surface area contributed by atoms with E-state index in [9.17, 15) is 4.79 Å². The van der Waals surface area contributed by atoms with Crippen LogP contribution in [0.4, 0.5) is 0 Å². The highest BCUT2D eigenvalue weighted by atomic mass is 16.5. The van der Waals surface area contributed by atoms with Crippen molar-refractivity contribution in [3.8, 4) is 0 Å². The van der Waals surface area contributed by atoms with Gasteiger partial charge in [-0.15, -0.1) is 0 Å². The van der Waals surface area contributed by atoms with Crippen LogP contribution in [0.1, 0.15) is 51.9 Å². The Balaban J connectivity index is 1.79. The quantitative estimate of drug-likeness (QED) is 0.847. The summed E-state index contributed by atoms with van der Waals surface area (Å²) >= 11 is 0. The molecule has 0 aromatic heterocycles. The van der Waals surface area contributed by atoms with E-state index in [2.05, 4.69) is 5.32 Å². The molecule has 1 aliphatic carbocycles. The lowest BCUT2D eigenvalue weighted by atomic mass is 9.92. The van der Waals surface area contributed by atoms with Crippen molar-refractivity contribution in [1.82, 2.24) is 10.2 Å². The van der Waals surface area contributed by atoms with Gasteiger partial charge in [0.1, 0.15) is 0 Å². The standard InChI is InChI=1S/C15H28N2O2/c1-12(15(18)17-9-4-3-5-10-17)16-13-7-6-8-14(11-13)19-2/h12-14,16H,3-11H2,1-2H3. The van der Waals surface area contributed by atoms with E-state index in [1.807, 2.05) is 11.8 Å². The molecule has 0 bridgehead atoms. The number of likely N-dealkylation sites (tertiary alicyclic amines) is 1. The van der Waals surface area contributed by atoms with Crippen LogP contribution < -0.4 is 5.32 Å². The maximum atomic E-state index is 12.4. The Morgan fingerprint density at radius 1 is 1.21 bits per heavy atom. The number of carbonyl (C=O) groups excluding carboxylic acids is 1. The summed E-state index contributed by atoms with van der Waals surface area (Å²) in [5, 5.41) is 3.51. The lowest BCUT2D eigenvalue weighted by Gasteiger charge is -2.34. The molecule has 0 radical (unpaired) electrons. The third-order valence-electron chi connectivity index (χ3n) is 4.48. The fourth-order valence-corrected chi connectivity index (χ4v) is 3.32. The molecule has 2 aliphatic rings. The number of rotatable bonds is 4. The zero-order valence-electron chi connectivity index (χ0n) is 12.4. The first kappa shape index (κ1) is 14.8. The Kier molecular flexibility index (Phi) is 5.64. The van der Waals surface area contributed by atoms with Gasteiger partial charge in [0.25, 0.3) is 0 Å². The van der Waals surface area contributed by atoms with E-state index in [1.165, 1.54) is 12.8 Å². The van der Waals surface area contributed by atoms with Crippen molar-refractivity contribution in [2.75, 3.05) is 20.2 Å². The van der Waals surface area contributed by atoms with Gasteiger partial charge in [0.05, 0.1) is 12.1 Å². The molecule has 4 heteroatoms. The van der Waals surface area contributed by atoms with Crippen molar-refractivity contribution in [3.05, 3.63) is 0 Å². The van der Waals surface area contributed by atoms with Crippen molar-refractivity contribution >= 4 is 5.91 Å². The van der Waals surface area contributed by atoms with E-state index in [0.717, 1.165) is 45.2 Å². The molecule has 1 saturated carbocycles. The van der Waals surface area contributed by atoms with Gasteiger partial charge in [-0.05, 0) is 51.9 Å². The largest absolute Gasteiger partial charge is 0.381 e. The molecule has 110 valence electrons. The highest BCUT2D eigenvalue weighted by Gasteiger charge is 2.27. The van der Waals surface area contributed by atoms with Gasteiger partial charge < -0.3 is 15.0 Å². The predicted octanol–water partition coefficient (Wildman–Crippen LogP) is 1.93. The number of carbonyl (C=O) groups is 1. The molecular formula is C15H28N2O2. The molecule has 1 N–H and O–H groups in total. The maximum Gasteiger partial charge on any atom is 0.239 e. The maximum absolute atomic E-state index is 12.4. The summed E-state index contributed by atoms with van der Waals surface area (Å²) in [6.45, 7) is 3.89. The lowest BCUT2D eigenvalue weighted by molar-refractivity contribution is -0.134. The lowest BCUT2D eigenvalue weighted by Crippen LogP contribution is -2.51. The van der Waals surface area contributed by atoms with Crippen LogP contribution in [0.25, 0.3) is 0 Å². The molecule has 4 nitrogen and oxygen atoms in total. The molecule has 0 spiro atoms. The normalized spacial score (nSPS) is 30.1. The summed E-state index contributed by atoms with van der Waals surface area (Å²) in [6, 6.07) is 0.376. The predicted molar refractivity (Wildman–Crippen MR) is 76.1 cm³/mol. The minimum Gasteiger partial charge on any atom is -0.381 e. The van der Waals surface area contributed by atoms with Gasteiger partial charge in [-0.1, -0.05) is 0 Å². The van der Waals surface area contributed by atoms with Crippen LogP contribution in [0.2, 0.25) is 0 Å². The molecule has 0 aromatic carbocycles. The highest BCUT2D eigenvalue weighted by Crippen LogP contribution is 2.21. The number of nitrogens with zero attached hydrogens (tertiary/aromatic N) is 1. The number of ether oxygens (including phenoxy) is 1. The highest BCUT2D eigenvalue weighted by molar-refractivity contribution is 5.81. The monoisotopic (exact) mass is 268 g/mol. The number of piperidine rings is 1. The van der Waals surface area contributed by atoms with Gasteiger partial charge in [-0.25, -0.2) is 0 Å². The number of hydrogen-bond acceptors (Lipinski definition) is 3. The third-order valence-corrected chi connectivity index (χ3v) is 4.48. The molecule has 1 saturated heterocycles. The second-order valence-electron chi connectivity index (χ2n) is 6.00. The Morgan fingerprint density at radius 2 is 1.95 bits per heavy atom. The number of hydrogen-bond donors (Lipinski definition) is 1. The summed E-state index contributed by atoms with van der Waals surface area (Å²) in [5.41, 5.74) is 0. The molecule has 2 rings (SSSR count). The summed E-state index contributed by atoms with van der Waals surface area (Å²) in [6.07, 6.45) is 8.50. The Morgan fingerprint density at radius 3 is 2.63 bits per heavy atom. The van der Waals surface area contributed by atoms with Crippen molar-refractivity contribution in [2.45, 2.75) is 70.1 Å². The van der Waals surface area contributed by atoms with Gasteiger partial charge in [-0.2, -0.15) is 0 Å². The van der Waals surface area contributed by atoms with Crippen LogP contribution in [0, 0.1) is 0 Å². The van der Waals surface area contributed by atoms with E-state index in [1.54, 1.807) is 7.11 Å². The van der Waals surface area contributed by atoms with Crippen LogP contribution in [-0.4, -0.2) is 49.2 Å². The van der Waals surface area contributed by atoms with Gasteiger partial charge >= 0.3 is 0 Å². The minimum absolute atomic E-state index is 0.0568. The molecular weight excluding hydrogens is 240 g/mol. The summed E-state index contributed by atoms with van der Waals surface area (Å²) in [5.74, 6) is 0.277. The Labute approximate surface area is 116 Å². The van der Waals surface area contributed by atoms with Crippen LogP contribution in [0.3, 0.4) is 0 Å². The van der Waals surface area contributed by atoms with Gasteiger partial charge in [-0.3, -0.25) is 4.79 Å². The van der Waals surface area contributed by atoms with Crippen molar-refractivity contribution in [3.63, 3.8) is 0 Å². The number of nitrogens with one attached hydrogen (secondary N) is 1. The van der Waals surface area contributed by atoms with E-state index in [-0.39, 0.29) is 11.9 Å². The van der Waals surface area contributed by atoms with E-state index < -0.39 is 0 Å². The van der Waals surface area contributed by atoms with Gasteiger partial charge in [0.15, 0.2) is 0 Å². The van der Waals surface area contributed by atoms with Crippen LogP contribution in [0.15, 0.2) is 0 Å². The fraction of sp³-hybridized carbons (Fsp3) is 0.933. The summed E-state index contributed by atoms with van der Waals surface area (Å²) in [7, 11) is 1.79. The molecule has 1 heterocycles. The molecule has 3 atom stereocenters. The molecule has 0 aromatic rings. The van der Waals surface area contributed by atoms with Gasteiger partial charge in [0, 0.05) is 26.2 Å². The summed E-state index contributed by atoms with van der Waals surface area (Å²) in [4.78, 5) is 14.4. The van der Waals surface area contributed by atoms with Crippen LogP contribution in [-0.2, 0) is 9.53 Å².